The van der Waals surface area contributed by atoms with E-state index in [2.05, 4.69) is 40.3 Å². The lowest BCUT2D eigenvalue weighted by Crippen LogP contribution is -2.39. The lowest BCUT2D eigenvalue weighted by molar-refractivity contribution is -0.121. The van der Waals surface area contributed by atoms with E-state index in [0.29, 0.717) is 22.3 Å². The van der Waals surface area contributed by atoms with Crippen molar-refractivity contribution in [1.29, 1.82) is 0 Å². The number of fused-ring (bicyclic) bond motifs is 3. The molecule has 164 valence electrons. The first-order valence-corrected chi connectivity index (χ1v) is 11.4. The Labute approximate surface area is 195 Å². The molecule has 0 saturated carbocycles. The molecule has 0 aliphatic carbocycles. The number of amides is 1. The van der Waals surface area contributed by atoms with Gasteiger partial charge >= 0.3 is 0 Å². The van der Waals surface area contributed by atoms with Crippen molar-refractivity contribution in [3.05, 3.63) is 64.0 Å². The number of aromatic nitrogens is 4. The van der Waals surface area contributed by atoms with Crippen molar-refractivity contribution in [2.75, 3.05) is 18.4 Å². The summed E-state index contributed by atoms with van der Waals surface area (Å²) in [5, 5.41) is 9.38. The fraction of sp³-hybridized carbons (Fsp3) is 0.304. The van der Waals surface area contributed by atoms with E-state index in [-0.39, 0.29) is 11.8 Å². The molecule has 32 heavy (non-hydrogen) atoms. The largest absolute Gasteiger partial charge is 0.310 e. The second-order valence-corrected chi connectivity index (χ2v) is 9.01. The number of nitrogens with one attached hydrogen (secondary N) is 1. The number of para-hydroxylation sites is 1. The van der Waals surface area contributed by atoms with E-state index in [1.165, 1.54) is 17.1 Å². The van der Waals surface area contributed by atoms with Crippen LogP contribution in [0.1, 0.15) is 18.4 Å². The zero-order chi connectivity index (χ0) is 22.2. The number of halogens is 1. The summed E-state index contributed by atoms with van der Waals surface area (Å²) in [6.07, 6.45) is 3.09. The Hall–Kier alpha value is -2.81. The smallest absolute Gasteiger partial charge is 0.228 e. The van der Waals surface area contributed by atoms with Gasteiger partial charge < -0.3 is 5.32 Å². The Balaban J connectivity index is 1.27. The molecular weight excluding hydrogens is 444 g/mol. The van der Waals surface area contributed by atoms with Gasteiger partial charge in [-0.2, -0.15) is 5.10 Å². The molecule has 3 aromatic heterocycles. The number of nitrogens with zero attached hydrogens (tertiary/aromatic N) is 5. The Morgan fingerprint density at radius 1 is 1.22 bits per heavy atom. The minimum atomic E-state index is -0.0376. The molecule has 0 unspecified atom stereocenters. The van der Waals surface area contributed by atoms with Gasteiger partial charge in [0.05, 0.1) is 17.2 Å². The highest BCUT2D eigenvalue weighted by atomic mass is 35.5. The van der Waals surface area contributed by atoms with E-state index in [4.69, 9.17) is 28.9 Å². The first kappa shape index (κ1) is 21.1. The average molecular weight is 467 g/mol. The lowest BCUT2D eigenvalue weighted by atomic mass is 9.96. The Morgan fingerprint density at radius 2 is 2.00 bits per heavy atom. The summed E-state index contributed by atoms with van der Waals surface area (Å²) in [7, 11) is 0. The second-order valence-electron chi connectivity index (χ2n) is 8.20. The van der Waals surface area contributed by atoms with Crippen molar-refractivity contribution in [1.82, 2.24) is 24.1 Å². The van der Waals surface area contributed by atoms with Gasteiger partial charge in [-0.3, -0.25) is 14.1 Å². The SMILES string of the molecule is Cc1cc2nn(CN3CCC(C(=O)Nc4ccc(Cl)cn4)CC3)c(=S)n2c2ccccc12. The number of anilines is 1. The molecule has 0 bridgehead atoms. The minimum absolute atomic E-state index is 0.00533. The van der Waals surface area contributed by atoms with Crippen LogP contribution in [-0.2, 0) is 11.5 Å². The van der Waals surface area contributed by atoms with E-state index < -0.39 is 0 Å². The quantitative estimate of drug-likeness (QED) is 0.442. The number of aryl methyl sites for hydroxylation is 1. The van der Waals surface area contributed by atoms with Gasteiger partial charge in [-0.25, -0.2) is 9.67 Å². The second kappa shape index (κ2) is 8.61. The standard InChI is InChI=1S/C23H23ClN6OS/c1-15-12-21-27-29(23(32)30(21)19-5-3-2-4-18(15)19)14-28-10-8-16(9-11-28)22(31)26-20-7-6-17(24)13-25-20/h2-7,12-13,16H,8-11,14H2,1H3,(H,25,26,31). The first-order valence-electron chi connectivity index (χ1n) is 10.6. The van der Waals surface area contributed by atoms with Crippen LogP contribution in [-0.4, -0.2) is 43.1 Å². The van der Waals surface area contributed by atoms with Crippen LogP contribution in [0.25, 0.3) is 16.6 Å². The predicted octanol–water partition coefficient (Wildman–Crippen LogP) is 4.68. The number of hydrogen-bond donors (Lipinski definition) is 1. The molecule has 5 rings (SSSR count). The van der Waals surface area contributed by atoms with Crippen LogP contribution in [0.15, 0.2) is 48.7 Å². The van der Waals surface area contributed by atoms with E-state index in [0.717, 1.165) is 37.1 Å². The number of carbonyl (C=O) groups is 1. The van der Waals surface area contributed by atoms with Gasteiger partial charge in [-0.15, -0.1) is 0 Å². The maximum Gasteiger partial charge on any atom is 0.228 e. The maximum absolute atomic E-state index is 12.6. The van der Waals surface area contributed by atoms with Gasteiger partial charge in [0.25, 0.3) is 0 Å². The van der Waals surface area contributed by atoms with E-state index in [9.17, 15) is 4.79 Å². The third kappa shape index (κ3) is 4.01. The molecule has 0 atom stereocenters. The van der Waals surface area contributed by atoms with Crippen LogP contribution >= 0.6 is 23.8 Å². The molecule has 1 N–H and O–H groups in total. The van der Waals surface area contributed by atoms with Gasteiger partial charge in [0.1, 0.15) is 5.82 Å². The predicted molar refractivity (Wildman–Crippen MR) is 128 cm³/mol. The van der Waals surface area contributed by atoms with Crippen molar-refractivity contribution in [2.45, 2.75) is 26.4 Å². The number of piperidine rings is 1. The normalized spacial score (nSPS) is 15.4. The fourth-order valence-electron chi connectivity index (χ4n) is 4.31. The summed E-state index contributed by atoms with van der Waals surface area (Å²) in [6.45, 7) is 4.32. The van der Waals surface area contributed by atoms with Crippen LogP contribution in [0.3, 0.4) is 0 Å². The molecule has 1 saturated heterocycles. The highest BCUT2D eigenvalue weighted by Crippen LogP contribution is 2.23. The van der Waals surface area contributed by atoms with Gasteiger partial charge in [-0.1, -0.05) is 29.8 Å². The molecule has 7 nitrogen and oxygen atoms in total. The molecule has 1 aliphatic heterocycles. The number of rotatable bonds is 4. The molecule has 1 aromatic carbocycles. The van der Waals surface area contributed by atoms with Crippen molar-refractivity contribution < 1.29 is 4.79 Å². The van der Waals surface area contributed by atoms with Gasteiger partial charge in [0, 0.05) is 30.6 Å². The maximum atomic E-state index is 12.6. The minimum Gasteiger partial charge on any atom is -0.310 e. The van der Waals surface area contributed by atoms with E-state index >= 15 is 0 Å². The highest BCUT2D eigenvalue weighted by molar-refractivity contribution is 7.71. The van der Waals surface area contributed by atoms with Gasteiger partial charge in [0.15, 0.2) is 5.65 Å². The van der Waals surface area contributed by atoms with Crippen molar-refractivity contribution in [2.24, 2.45) is 5.92 Å². The fourth-order valence-corrected chi connectivity index (χ4v) is 4.72. The van der Waals surface area contributed by atoms with Gasteiger partial charge in [0.2, 0.25) is 10.7 Å². The molecule has 1 fully saturated rings. The van der Waals surface area contributed by atoms with Crippen molar-refractivity contribution >= 4 is 52.1 Å². The van der Waals surface area contributed by atoms with Gasteiger partial charge in [-0.05, 0) is 61.8 Å². The molecule has 9 heteroatoms. The van der Waals surface area contributed by atoms with Crippen LogP contribution < -0.4 is 5.32 Å². The van der Waals surface area contributed by atoms with Crippen LogP contribution in [0, 0.1) is 17.6 Å². The first-order chi connectivity index (χ1) is 15.5. The third-order valence-electron chi connectivity index (χ3n) is 6.05. The summed E-state index contributed by atoms with van der Waals surface area (Å²) in [4.78, 5) is 19.0. The zero-order valence-electron chi connectivity index (χ0n) is 17.7. The third-order valence-corrected chi connectivity index (χ3v) is 6.67. The molecule has 1 aliphatic rings. The lowest BCUT2D eigenvalue weighted by Gasteiger charge is -2.30. The molecule has 0 spiro atoms. The highest BCUT2D eigenvalue weighted by Gasteiger charge is 2.26. The molecule has 4 aromatic rings. The topological polar surface area (TPSA) is 67.5 Å². The van der Waals surface area contributed by atoms with Crippen molar-refractivity contribution in [3.63, 3.8) is 0 Å². The summed E-state index contributed by atoms with van der Waals surface area (Å²) < 4.78 is 4.61. The molecule has 4 heterocycles. The van der Waals surface area contributed by atoms with Crippen LogP contribution in [0.2, 0.25) is 5.02 Å². The van der Waals surface area contributed by atoms with Crippen LogP contribution in [0.4, 0.5) is 5.82 Å². The molecule has 0 radical (unpaired) electrons. The average Bonchev–Trinajstić information content (AvgIpc) is 3.11. The summed E-state index contributed by atoms with van der Waals surface area (Å²) in [6, 6.07) is 13.8. The number of likely N-dealkylation sites (tertiary alicyclic amines) is 1. The number of hydrogen-bond acceptors (Lipinski definition) is 5. The van der Waals surface area contributed by atoms with E-state index in [1.54, 1.807) is 12.1 Å². The van der Waals surface area contributed by atoms with Crippen LogP contribution in [0.5, 0.6) is 0 Å². The summed E-state index contributed by atoms with van der Waals surface area (Å²) >= 11 is 11.6. The number of carbonyl (C=O) groups excluding carboxylic acids is 1. The zero-order valence-corrected chi connectivity index (χ0v) is 19.2. The Kier molecular flexibility index (Phi) is 5.67. The Morgan fingerprint density at radius 3 is 2.75 bits per heavy atom. The monoisotopic (exact) mass is 466 g/mol. The van der Waals surface area contributed by atoms with Crippen molar-refractivity contribution in [3.8, 4) is 0 Å². The Bertz CT molecular complexity index is 1350. The number of benzene rings is 1. The molecule has 1 amide bonds. The molecular formula is C23H23ClN6OS. The summed E-state index contributed by atoms with van der Waals surface area (Å²) in [5.41, 5.74) is 3.11. The number of pyridine rings is 2. The van der Waals surface area contributed by atoms with E-state index in [1.807, 2.05) is 21.2 Å². The summed E-state index contributed by atoms with van der Waals surface area (Å²) in [5.74, 6) is 0.496.